The molecule has 0 amide bonds. The summed E-state index contributed by atoms with van der Waals surface area (Å²) in [6, 6.07) is 5.67. The first kappa shape index (κ1) is 12.8. The summed E-state index contributed by atoms with van der Waals surface area (Å²) in [7, 11) is 2.19. The number of phenols is 1. The minimum absolute atomic E-state index is 0.273. The van der Waals surface area contributed by atoms with Crippen LogP contribution in [0.4, 0.5) is 0 Å². The van der Waals surface area contributed by atoms with Gasteiger partial charge in [0.1, 0.15) is 18.1 Å². The van der Waals surface area contributed by atoms with Gasteiger partial charge in [-0.3, -0.25) is 0 Å². The van der Waals surface area contributed by atoms with Crippen LogP contribution < -0.4 is 10.1 Å². The van der Waals surface area contributed by atoms with E-state index in [2.05, 4.69) is 17.3 Å². The highest BCUT2D eigenvalue weighted by molar-refractivity contribution is 5.44. The second-order valence-corrected chi connectivity index (χ2v) is 5.74. The monoisotopic (exact) mass is 262 g/mol. The van der Waals surface area contributed by atoms with Crippen LogP contribution in [0.2, 0.25) is 0 Å². The standard InChI is InChI=1S/C15H22N2O2/c1-17-6-4-11(5-7-17)9-16-14-10-19-15-8-12(18)2-3-13(14)15/h2-3,8,11,14,16,18H,4-7,9-10H2,1H3. The number of hydrogen-bond acceptors (Lipinski definition) is 4. The Morgan fingerprint density at radius 3 is 2.95 bits per heavy atom. The Bertz CT molecular complexity index is 442. The maximum Gasteiger partial charge on any atom is 0.127 e. The van der Waals surface area contributed by atoms with Crippen molar-refractivity contribution in [3.05, 3.63) is 23.8 Å². The van der Waals surface area contributed by atoms with Crippen molar-refractivity contribution in [2.24, 2.45) is 5.92 Å². The number of nitrogens with zero attached hydrogens (tertiary/aromatic N) is 1. The van der Waals surface area contributed by atoms with Gasteiger partial charge in [0.2, 0.25) is 0 Å². The molecule has 1 aromatic carbocycles. The van der Waals surface area contributed by atoms with E-state index in [-0.39, 0.29) is 11.8 Å². The van der Waals surface area contributed by atoms with Crippen LogP contribution in [0.15, 0.2) is 18.2 Å². The van der Waals surface area contributed by atoms with Crippen LogP contribution >= 0.6 is 0 Å². The molecule has 2 aliphatic heterocycles. The fourth-order valence-electron chi connectivity index (χ4n) is 2.94. The van der Waals surface area contributed by atoms with Gasteiger partial charge in [-0.2, -0.15) is 0 Å². The first-order valence-electron chi connectivity index (χ1n) is 7.10. The van der Waals surface area contributed by atoms with Gasteiger partial charge in [0.25, 0.3) is 0 Å². The van der Waals surface area contributed by atoms with Crippen LogP contribution in [0.25, 0.3) is 0 Å². The predicted molar refractivity (Wildman–Crippen MR) is 74.6 cm³/mol. The summed E-state index contributed by atoms with van der Waals surface area (Å²) in [5.74, 6) is 1.87. The van der Waals surface area contributed by atoms with Gasteiger partial charge in [-0.05, 0) is 57.6 Å². The molecule has 4 heteroatoms. The lowest BCUT2D eigenvalue weighted by atomic mass is 9.96. The average molecular weight is 262 g/mol. The van der Waals surface area contributed by atoms with Crippen LogP contribution in [-0.2, 0) is 0 Å². The Kier molecular flexibility index (Phi) is 3.62. The molecule has 0 aromatic heterocycles. The van der Waals surface area contributed by atoms with Crippen molar-refractivity contribution in [2.45, 2.75) is 18.9 Å². The number of ether oxygens (including phenoxy) is 1. The molecule has 0 bridgehead atoms. The third-order valence-electron chi connectivity index (χ3n) is 4.27. The van der Waals surface area contributed by atoms with E-state index in [1.54, 1.807) is 12.1 Å². The Labute approximate surface area is 114 Å². The normalized spacial score (nSPS) is 24.2. The van der Waals surface area contributed by atoms with Crippen LogP contribution in [0.5, 0.6) is 11.5 Å². The summed E-state index contributed by atoms with van der Waals surface area (Å²) in [5, 5.41) is 13.1. The van der Waals surface area contributed by atoms with Gasteiger partial charge in [0, 0.05) is 11.6 Å². The van der Waals surface area contributed by atoms with E-state index in [0.29, 0.717) is 6.61 Å². The summed E-state index contributed by atoms with van der Waals surface area (Å²) in [6.07, 6.45) is 2.55. The van der Waals surface area contributed by atoms with Crippen molar-refractivity contribution in [2.75, 3.05) is 33.3 Å². The smallest absolute Gasteiger partial charge is 0.127 e. The van der Waals surface area contributed by atoms with Gasteiger partial charge >= 0.3 is 0 Å². The summed E-state index contributed by atoms with van der Waals surface area (Å²) in [5.41, 5.74) is 1.17. The van der Waals surface area contributed by atoms with Crippen molar-refractivity contribution in [3.63, 3.8) is 0 Å². The lowest BCUT2D eigenvalue weighted by Crippen LogP contribution is -2.36. The molecule has 0 aliphatic carbocycles. The third-order valence-corrected chi connectivity index (χ3v) is 4.27. The maximum absolute atomic E-state index is 9.44. The molecule has 3 rings (SSSR count). The molecule has 2 heterocycles. The Balaban J connectivity index is 1.55. The van der Waals surface area contributed by atoms with Gasteiger partial charge in [-0.25, -0.2) is 0 Å². The molecule has 19 heavy (non-hydrogen) atoms. The Morgan fingerprint density at radius 2 is 2.16 bits per heavy atom. The third kappa shape index (κ3) is 2.85. The van der Waals surface area contributed by atoms with E-state index >= 15 is 0 Å². The molecule has 1 aromatic rings. The molecule has 2 N–H and O–H groups in total. The van der Waals surface area contributed by atoms with E-state index < -0.39 is 0 Å². The lowest BCUT2D eigenvalue weighted by molar-refractivity contribution is 0.209. The molecule has 0 saturated carbocycles. The number of benzene rings is 1. The highest BCUT2D eigenvalue weighted by atomic mass is 16.5. The van der Waals surface area contributed by atoms with Gasteiger partial charge in [-0.1, -0.05) is 0 Å². The van der Waals surface area contributed by atoms with Gasteiger partial charge in [0.15, 0.2) is 0 Å². The fourth-order valence-corrected chi connectivity index (χ4v) is 2.94. The summed E-state index contributed by atoms with van der Waals surface area (Å²) in [4.78, 5) is 2.40. The van der Waals surface area contributed by atoms with Crippen molar-refractivity contribution >= 4 is 0 Å². The molecule has 1 unspecified atom stereocenters. The lowest BCUT2D eigenvalue weighted by Gasteiger charge is -2.29. The number of aromatic hydroxyl groups is 1. The molecular formula is C15H22N2O2. The number of piperidine rings is 1. The average Bonchev–Trinajstić information content (AvgIpc) is 2.80. The summed E-state index contributed by atoms with van der Waals surface area (Å²) >= 11 is 0. The molecule has 0 radical (unpaired) electrons. The van der Waals surface area contributed by atoms with Crippen LogP contribution in [0, 0.1) is 5.92 Å². The molecule has 104 valence electrons. The first-order chi connectivity index (χ1) is 9.22. The zero-order valence-corrected chi connectivity index (χ0v) is 11.4. The largest absolute Gasteiger partial charge is 0.508 e. The van der Waals surface area contributed by atoms with E-state index in [0.717, 1.165) is 18.2 Å². The maximum atomic E-state index is 9.44. The number of rotatable bonds is 3. The second-order valence-electron chi connectivity index (χ2n) is 5.74. The Morgan fingerprint density at radius 1 is 1.37 bits per heavy atom. The second kappa shape index (κ2) is 5.39. The van der Waals surface area contributed by atoms with Crippen molar-refractivity contribution in [1.82, 2.24) is 10.2 Å². The zero-order valence-electron chi connectivity index (χ0n) is 11.4. The van der Waals surface area contributed by atoms with Crippen molar-refractivity contribution in [1.29, 1.82) is 0 Å². The quantitative estimate of drug-likeness (QED) is 0.871. The molecule has 1 saturated heterocycles. The van der Waals surface area contributed by atoms with Crippen molar-refractivity contribution < 1.29 is 9.84 Å². The molecule has 4 nitrogen and oxygen atoms in total. The number of phenolic OH excluding ortho intramolecular Hbond substituents is 1. The van der Waals surface area contributed by atoms with E-state index in [4.69, 9.17) is 4.74 Å². The topological polar surface area (TPSA) is 44.7 Å². The van der Waals surface area contributed by atoms with E-state index in [1.165, 1.54) is 31.5 Å². The van der Waals surface area contributed by atoms with E-state index in [1.807, 2.05) is 6.07 Å². The van der Waals surface area contributed by atoms with Gasteiger partial charge in [0.05, 0.1) is 6.04 Å². The highest BCUT2D eigenvalue weighted by Gasteiger charge is 2.25. The Hall–Kier alpha value is -1.26. The molecule has 1 atom stereocenters. The van der Waals surface area contributed by atoms with E-state index in [9.17, 15) is 5.11 Å². The predicted octanol–water partition coefficient (Wildman–Crippen LogP) is 1.76. The zero-order chi connectivity index (χ0) is 13.2. The van der Waals surface area contributed by atoms with Gasteiger partial charge < -0.3 is 20.1 Å². The molecule has 1 fully saturated rings. The first-order valence-corrected chi connectivity index (χ1v) is 7.10. The van der Waals surface area contributed by atoms with Crippen LogP contribution in [-0.4, -0.2) is 43.3 Å². The van der Waals surface area contributed by atoms with Crippen LogP contribution in [0.1, 0.15) is 24.4 Å². The minimum Gasteiger partial charge on any atom is -0.508 e. The number of hydrogen-bond donors (Lipinski definition) is 2. The van der Waals surface area contributed by atoms with Gasteiger partial charge in [-0.15, -0.1) is 0 Å². The number of fused-ring (bicyclic) bond motifs is 1. The molecular weight excluding hydrogens is 240 g/mol. The number of nitrogens with one attached hydrogen (secondary N) is 1. The molecule has 0 spiro atoms. The fraction of sp³-hybridized carbons (Fsp3) is 0.600. The van der Waals surface area contributed by atoms with Crippen LogP contribution in [0.3, 0.4) is 0 Å². The number of likely N-dealkylation sites (tertiary alicyclic amines) is 1. The highest BCUT2D eigenvalue weighted by Crippen LogP contribution is 2.35. The SMILES string of the molecule is CN1CCC(CNC2COc3cc(O)ccc32)CC1. The molecule has 2 aliphatic rings. The van der Waals surface area contributed by atoms with Crippen molar-refractivity contribution in [3.8, 4) is 11.5 Å². The summed E-state index contributed by atoms with van der Waals surface area (Å²) in [6.45, 7) is 4.14. The summed E-state index contributed by atoms with van der Waals surface area (Å²) < 4.78 is 5.62. The minimum atomic E-state index is 0.273.